The van der Waals surface area contributed by atoms with Crippen LogP contribution in [0.15, 0.2) is 54.7 Å². The quantitative estimate of drug-likeness (QED) is 0.293. The number of likely N-dealkylation sites (tertiary alicyclic amines) is 1. The maximum Gasteiger partial charge on any atom is 0.303 e. The number of hydrogen-bond donors (Lipinski definition) is 1. The summed E-state index contributed by atoms with van der Waals surface area (Å²) < 4.78 is 20.9. The second-order valence-corrected chi connectivity index (χ2v) is 10.5. The van der Waals surface area contributed by atoms with Gasteiger partial charge in [-0.25, -0.2) is 4.39 Å². The third kappa shape index (κ3) is 7.51. The molecule has 4 rings (SSSR count). The first-order chi connectivity index (χ1) is 17.9. The number of nitrogens with zero attached hydrogens (tertiary/aromatic N) is 2. The van der Waals surface area contributed by atoms with Crippen molar-refractivity contribution in [1.29, 1.82) is 0 Å². The molecule has 2 heterocycles. The van der Waals surface area contributed by atoms with Crippen molar-refractivity contribution in [2.45, 2.75) is 58.0 Å². The standard InChI is InChI=1S/C31H39FN2O3/c1-22-5-7-23(8-6-22)4-3-18-34-19-16-24(25(21-34)10-14-31(35)36)9-12-29(32)27-15-17-33-30-13-11-26(37-2)20-28(27)30/h5-8,11,13,15,17,20,24-25,29H,3-4,9-10,12,14,16,18-19,21H2,1-2H3,(H,35,36)/t24?,25?,29-/m0/s1. The van der Waals surface area contributed by atoms with Crippen molar-refractivity contribution in [3.05, 3.63) is 71.4 Å². The number of aryl methyl sites for hydroxylation is 2. The van der Waals surface area contributed by atoms with E-state index in [9.17, 15) is 9.90 Å². The van der Waals surface area contributed by atoms with Crippen molar-refractivity contribution in [2.75, 3.05) is 26.7 Å². The van der Waals surface area contributed by atoms with Gasteiger partial charge < -0.3 is 14.7 Å². The zero-order chi connectivity index (χ0) is 26.2. The molecule has 3 atom stereocenters. The van der Waals surface area contributed by atoms with Crippen molar-refractivity contribution in [3.8, 4) is 5.75 Å². The van der Waals surface area contributed by atoms with Crippen LogP contribution < -0.4 is 4.74 Å². The Morgan fingerprint density at radius 1 is 1.16 bits per heavy atom. The molecule has 2 aromatic carbocycles. The highest BCUT2D eigenvalue weighted by Gasteiger charge is 2.30. The van der Waals surface area contributed by atoms with Gasteiger partial charge in [0, 0.05) is 24.5 Å². The van der Waals surface area contributed by atoms with Crippen LogP contribution in [-0.4, -0.2) is 47.7 Å². The van der Waals surface area contributed by atoms with Crippen molar-refractivity contribution in [3.63, 3.8) is 0 Å². The Morgan fingerprint density at radius 3 is 2.73 bits per heavy atom. The molecule has 0 aliphatic carbocycles. The summed E-state index contributed by atoms with van der Waals surface area (Å²) in [5.41, 5.74) is 4.05. The van der Waals surface area contributed by atoms with E-state index in [1.165, 1.54) is 11.1 Å². The van der Waals surface area contributed by atoms with Gasteiger partial charge in [0.15, 0.2) is 0 Å². The van der Waals surface area contributed by atoms with Crippen molar-refractivity contribution in [2.24, 2.45) is 11.8 Å². The van der Waals surface area contributed by atoms with Crippen LogP contribution in [0.4, 0.5) is 4.39 Å². The van der Waals surface area contributed by atoms with Crippen LogP contribution >= 0.6 is 0 Å². The van der Waals surface area contributed by atoms with E-state index in [0.717, 1.165) is 56.2 Å². The van der Waals surface area contributed by atoms with Crippen LogP contribution in [-0.2, 0) is 11.2 Å². The van der Waals surface area contributed by atoms with Gasteiger partial charge in [0.05, 0.1) is 12.6 Å². The zero-order valence-corrected chi connectivity index (χ0v) is 22.0. The molecule has 1 fully saturated rings. The minimum Gasteiger partial charge on any atom is -0.497 e. The predicted octanol–water partition coefficient (Wildman–Crippen LogP) is 6.78. The third-order valence-electron chi connectivity index (χ3n) is 7.88. The SMILES string of the molecule is COc1ccc2nccc([C@@H](F)CCC3CCN(CCCc4ccc(C)cc4)CC3CCC(=O)O)c2c1. The maximum atomic E-state index is 15.6. The van der Waals surface area contributed by atoms with Crippen molar-refractivity contribution < 1.29 is 19.0 Å². The lowest BCUT2D eigenvalue weighted by Gasteiger charge is -2.39. The molecule has 0 spiro atoms. The summed E-state index contributed by atoms with van der Waals surface area (Å²) >= 11 is 0. The van der Waals surface area contributed by atoms with Crippen LogP contribution in [0.5, 0.6) is 5.75 Å². The summed E-state index contributed by atoms with van der Waals surface area (Å²) in [6, 6.07) is 16.0. The Balaban J connectivity index is 1.34. The third-order valence-corrected chi connectivity index (χ3v) is 7.88. The molecule has 6 heteroatoms. The molecule has 0 amide bonds. The van der Waals surface area contributed by atoms with Crippen LogP contribution in [0.2, 0.25) is 0 Å². The number of aromatic nitrogens is 1. The first-order valence-corrected chi connectivity index (χ1v) is 13.5. The van der Waals surface area contributed by atoms with Crippen molar-refractivity contribution >= 4 is 16.9 Å². The van der Waals surface area contributed by atoms with E-state index in [2.05, 4.69) is 41.1 Å². The fraction of sp³-hybridized carbons (Fsp3) is 0.484. The summed E-state index contributed by atoms with van der Waals surface area (Å²) in [5.74, 6) is 0.563. The van der Waals surface area contributed by atoms with Gasteiger partial charge in [-0.15, -0.1) is 0 Å². The lowest BCUT2D eigenvalue weighted by molar-refractivity contribution is -0.137. The lowest BCUT2D eigenvalue weighted by Crippen LogP contribution is -2.41. The minimum atomic E-state index is -1.09. The van der Waals surface area contributed by atoms with E-state index in [0.29, 0.717) is 30.1 Å². The van der Waals surface area contributed by atoms with Gasteiger partial charge in [0.25, 0.3) is 0 Å². The number of carboxylic acids is 1. The number of carbonyl (C=O) groups is 1. The molecule has 1 aliphatic heterocycles. The van der Waals surface area contributed by atoms with Crippen molar-refractivity contribution in [1.82, 2.24) is 9.88 Å². The van der Waals surface area contributed by atoms with Crippen LogP contribution in [0.25, 0.3) is 10.9 Å². The molecule has 1 aromatic heterocycles. The highest BCUT2D eigenvalue weighted by atomic mass is 19.1. The molecule has 1 N–H and O–H groups in total. The van der Waals surface area contributed by atoms with Gasteiger partial charge in [-0.05, 0) is 106 Å². The second kappa shape index (κ2) is 13.0. The Kier molecular flexibility index (Phi) is 9.51. The van der Waals surface area contributed by atoms with Crippen LogP contribution in [0.3, 0.4) is 0 Å². The number of halogens is 1. The van der Waals surface area contributed by atoms with Gasteiger partial charge >= 0.3 is 5.97 Å². The largest absolute Gasteiger partial charge is 0.497 e. The molecule has 37 heavy (non-hydrogen) atoms. The van der Waals surface area contributed by atoms with Gasteiger partial charge in [0.2, 0.25) is 0 Å². The summed E-state index contributed by atoms with van der Waals surface area (Å²) in [4.78, 5) is 18.2. The van der Waals surface area contributed by atoms with Crippen LogP contribution in [0.1, 0.15) is 61.4 Å². The normalized spacial score (nSPS) is 19.1. The molecule has 5 nitrogen and oxygen atoms in total. The number of piperidine rings is 1. The van der Waals surface area contributed by atoms with Gasteiger partial charge in [0.1, 0.15) is 11.9 Å². The lowest BCUT2D eigenvalue weighted by atomic mass is 9.79. The number of alkyl halides is 1. The first kappa shape index (κ1) is 27.1. The molecule has 1 saturated heterocycles. The second-order valence-electron chi connectivity index (χ2n) is 10.5. The zero-order valence-electron chi connectivity index (χ0n) is 22.0. The number of hydrogen-bond acceptors (Lipinski definition) is 4. The molecule has 0 radical (unpaired) electrons. The fourth-order valence-electron chi connectivity index (χ4n) is 5.70. The Labute approximate surface area is 219 Å². The van der Waals surface area contributed by atoms with E-state index in [1.807, 2.05) is 18.2 Å². The molecular weight excluding hydrogens is 467 g/mol. The number of rotatable bonds is 12. The van der Waals surface area contributed by atoms with Crippen LogP contribution in [0, 0.1) is 18.8 Å². The maximum absolute atomic E-state index is 15.6. The van der Waals surface area contributed by atoms with E-state index in [-0.39, 0.29) is 12.3 Å². The summed E-state index contributed by atoms with van der Waals surface area (Å²) in [6.07, 6.45) is 5.72. The Hall–Kier alpha value is -2.99. The molecular formula is C31H39FN2O3. The number of benzene rings is 2. The fourth-order valence-corrected chi connectivity index (χ4v) is 5.70. The predicted molar refractivity (Wildman–Crippen MR) is 146 cm³/mol. The van der Waals surface area contributed by atoms with E-state index >= 15 is 4.39 Å². The van der Waals surface area contributed by atoms with E-state index < -0.39 is 12.1 Å². The van der Waals surface area contributed by atoms with E-state index in [1.54, 1.807) is 19.4 Å². The molecule has 1 aliphatic rings. The molecule has 2 unspecified atom stereocenters. The number of fused-ring (bicyclic) bond motifs is 1. The molecule has 198 valence electrons. The topological polar surface area (TPSA) is 62.7 Å². The van der Waals surface area contributed by atoms with Gasteiger partial charge in [-0.3, -0.25) is 9.78 Å². The number of ether oxygens (including phenoxy) is 1. The number of carboxylic acid groups (broad SMARTS) is 1. The highest BCUT2D eigenvalue weighted by Crippen LogP contribution is 2.36. The Morgan fingerprint density at radius 2 is 1.97 bits per heavy atom. The molecule has 3 aromatic rings. The summed E-state index contributed by atoms with van der Waals surface area (Å²) in [5, 5.41) is 10.1. The van der Waals surface area contributed by atoms with Gasteiger partial charge in [-0.2, -0.15) is 0 Å². The summed E-state index contributed by atoms with van der Waals surface area (Å²) in [6.45, 7) is 5.01. The Bertz CT molecular complexity index is 1170. The molecule has 0 bridgehead atoms. The first-order valence-electron chi connectivity index (χ1n) is 13.5. The van der Waals surface area contributed by atoms with Gasteiger partial charge in [-0.1, -0.05) is 29.8 Å². The number of methoxy groups -OCH3 is 1. The smallest absolute Gasteiger partial charge is 0.303 e. The average molecular weight is 507 g/mol. The van der Waals surface area contributed by atoms with E-state index in [4.69, 9.17) is 4.74 Å². The number of aliphatic carboxylic acids is 1. The highest BCUT2D eigenvalue weighted by molar-refractivity contribution is 5.83. The number of pyridine rings is 1. The minimum absolute atomic E-state index is 0.173. The average Bonchev–Trinajstić information content (AvgIpc) is 2.91. The monoisotopic (exact) mass is 506 g/mol. The molecule has 0 saturated carbocycles. The summed E-state index contributed by atoms with van der Waals surface area (Å²) in [7, 11) is 1.61.